The van der Waals surface area contributed by atoms with Crippen molar-refractivity contribution >= 4 is 34.6 Å². The monoisotopic (exact) mass is 623 g/mol. The summed E-state index contributed by atoms with van der Waals surface area (Å²) in [6.07, 6.45) is 3.53. The normalized spacial score (nSPS) is 14.2. The highest BCUT2D eigenvalue weighted by Gasteiger charge is 2.29. The number of hydroxylamine groups is 1. The molecular formula is C35H41N7O4. The van der Waals surface area contributed by atoms with Crippen molar-refractivity contribution in [3.8, 4) is 11.5 Å². The first kappa shape index (κ1) is 32.3. The molecular weight excluding hydrogens is 582 g/mol. The second-order valence-corrected chi connectivity index (χ2v) is 11.2. The summed E-state index contributed by atoms with van der Waals surface area (Å²) in [5, 5.41) is 8.10. The molecule has 11 heteroatoms. The van der Waals surface area contributed by atoms with Crippen LogP contribution in [0.4, 0.5) is 28.7 Å². The molecule has 1 atom stereocenters. The number of aromatic nitrogens is 2. The summed E-state index contributed by atoms with van der Waals surface area (Å²) in [4.78, 5) is 31.6. The lowest BCUT2D eigenvalue weighted by molar-refractivity contribution is -0.111. The van der Waals surface area contributed by atoms with Gasteiger partial charge in [0, 0.05) is 38.7 Å². The highest BCUT2D eigenvalue weighted by atomic mass is 16.7. The molecule has 240 valence electrons. The van der Waals surface area contributed by atoms with E-state index >= 15 is 0 Å². The summed E-state index contributed by atoms with van der Waals surface area (Å²) in [6, 6.07) is 23.7. The molecule has 1 saturated heterocycles. The van der Waals surface area contributed by atoms with E-state index in [0.29, 0.717) is 42.0 Å². The Morgan fingerprint density at radius 3 is 2.63 bits per heavy atom. The minimum Gasteiger partial charge on any atom is -0.494 e. The van der Waals surface area contributed by atoms with Crippen LogP contribution in [0.15, 0.2) is 91.8 Å². The molecule has 3 aromatic carbocycles. The molecule has 2 N–H and O–H groups in total. The van der Waals surface area contributed by atoms with Crippen LogP contribution in [0.2, 0.25) is 0 Å². The number of likely N-dealkylation sites (N-methyl/N-ethyl adjacent to an activating group) is 2. The molecule has 4 aromatic rings. The zero-order valence-corrected chi connectivity index (χ0v) is 26.8. The maximum atomic E-state index is 12.4. The van der Waals surface area contributed by atoms with Crippen LogP contribution >= 0.6 is 0 Å². The van der Waals surface area contributed by atoms with Crippen molar-refractivity contribution in [2.75, 3.05) is 68.5 Å². The lowest BCUT2D eigenvalue weighted by Crippen LogP contribution is -2.29. The lowest BCUT2D eigenvalue weighted by atomic mass is 10.0. The summed E-state index contributed by atoms with van der Waals surface area (Å²) in [6.45, 7) is 6.23. The summed E-state index contributed by atoms with van der Waals surface area (Å²) < 4.78 is 11.8. The van der Waals surface area contributed by atoms with E-state index in [1.807, 2.05) is 86.9 Å². The van der Waals surface area contributed by atoms with Gasteiger partial charge < -0.3 is 29.9 Å². The first-order valence-electron chi connectivity index (χ1n) is 15.1. The Labute approximate surface area is 270 Å². The fourth-order valence-electron chi connectivity index (χ4n) is 5.13. The zero-order valence-electron chi connectivity index (χ0n) is 26.8. The van der Waals surface area contributed by atoms with Gasteiger partial charge in [0.2, 0.25) is 5.91 Å². The van der Waals surface area contributed by atoms with Crippen molar-refractivity contribution in [1.82, 2.24) is 14.9 Å². The minimum atomic E-state index is -0.311. The standard InChI is InChI=1S/C35H41N7O4/c1-6-35(43)39-28-20-29(32(44-5)21-31(28)41(4)17-16-40(2)3)38-33-22-34(37-24-36-33)42-30(15-18-46-42)26-13-10-14-27(19-26)45-23-25-11-8-7-9-12-25/h6-14,19-22,24,30H,1,15-18,23H2,2-5H3,(H,39,43)(H,36,37,38). The highest BCUT2D eigenvalue weighted by Crippen LogP contribution is 2.39. The van der Waals surface area contributed by atoms with Crippen LogP contribution in [0, 0.1) is 0 Å². The van der Waals surface area contributed by atoms with Crippen LogP contribution in [0.3, 0.4) is 0 Å². The number of hydrogen-bond donors (Lipinski definition) is 2. The van der Waals surface area contributed by atoms with E-state index in [9.17, 15) is 4.79 Å². The molecule has 1 aliphatic heterocycles. The average molecular weight is 624 g/mol. The zero-order chi connectivity index (χ0) is 32.5. The number of rotatable bonds is 14. The third-order valence-corrected chi connectivity index (χ3v) is 7.59. The van der Waals surface area contributed by atoms with Gasteiger partial charge in [-0.2, -0.15) is 0 Å². The highest BCUT2D eigenvalue weighted by molar-refractivity contribution is 6.02. The van der Waals surface area contributed by atoms with Crippen molar-refractivity contribution in [3.05, 3.63) is 103 Å². The molecule has 0 bridgehead atoms. The van der Waals surface area contributed by atoms with Gasteiger partial charge in [0.05, 0.1) is 36.8 Å². The Kier molecular flexibility index (Phi) is 10.7. The largest absolute Gasteiger partial charge is 0.494 e. The number of benzene rings is 3. The van der Waals surface area contributed by atoms with E-state index in [4.69, 9.17) is 14.3 Å². The summed E-state index contributed by atoms with van der Waals surface area (Å²) in [5.41, 5.74) is 4.22. The Hall–Kier alpha value is -5.13. The maximum absolute atomic E-state index is 12.4. The minimum absolute atomic E-state index is 0.0599. The van der Waals surface area contributed by atoms with E-state index in [0.717, 1.165) is 42.1 Å². The van der Waals surface area contributed by atoms with Crippen LogP contribution in [0.1, 0.15) is 23.6 Å². The smallest absolute Gasteiger partial charge is 0.247 e. The third kappa shape index (κ3) is 8.12. The Balaban J connectivity index is 1.37. The number of amides is 1. The first-order chi connectivity index (χ1) is 22.3. The number of nitrogens with zero attached hydrogens (tertiary/aromatic N) is 5. The van der Waals surface area contributed by atoms with Crippen molar-refractivity contribution in [3.63, 3.8) is 0 Å². The first-order valence-corrected chi connectivity index (χ1v) is 15.1. The van der Waals surface area contributed by atoms with Gasteiger partial charge in [-0.15, -0.1) is 0 Å². The molecule has 1 amide bonds. The fourth-order valence-corrected chi connectivity index (χ4v) is 5.13. The number of nitrogens with one attached hydrogen (secondary N) is 2. The van der Waals surface area contributed by atoms with Gasteiger partial charge in [0.25, 0.3) is 0 Å². The van der Waals surface area contributed by atoms with Crippen molar-refractivity contribution < 1.29 is 19.1 Å². The molecule has 11 nitrogen and oxygen atoms in total. The van der Waals surface area contributed by atoms with E-state index in [2.05, 4.69) is 49.1 Å². The van der Waals surface area contributed by atoms with Gasteiger partial charge in [-0.3, -0.25) is 9.63 Å². The van der Waals surface area contributed by atoms with Gasteiger partial charge in [0.15, 0.2) is 5.82 Å². The van der Waals surface area contributed by atoms with Crippen molar-refractivity contribution in [2.45, 2.75) is 19.1 Å². The van der Waals surface area contributed by atoms with Crippen LogP contribution in [-0.4, -0.2) is 68.7 Å². The van der Waals surface area contributed by atoms with Crippen molar-refractivity contribution in [2.24, 2.45) is 0 Å². The molecule has 0 aliphatic carbocycles. The number of methoxy groups -OCH3 is 1. The summed E-state index contributed by atoms with van der Waals surface area (Å²) >= 11 is 0. The molecule has 46 heavy (non-hydrogen) atoms. The van der Waals surface area contributed by atoms with Crippen LogP contribution in [0.25, 0.3) is 0 Å². The fraction of sp³-hybridized carbons (Fsp3) is 0.286. The Morgan fingerprint density at radius 1 is 1.04 bits per heavy atom. The topological polar surface area (TPSA) is 104 Å². The van der Waals surface area contributed by atoms with E-state index < -0.39 is 0 Å². The lowest BCUT2D eigenvalue weighted by Gasteiger charge is -2.26. The second kappa shape index (κ2) is 15.2. The van der Waals surface area contributed by atoms with Crippen LogP contribution in [0.5, 0.6) is 11.5 Å². The number of anilines is 5. The molecule has 0 spiro atoms. The van der Waals surface area contributed by atoms with E-state index in [1.165, 1.54) is 12.4 Å². The van der Waals surface area contributed by atoms with Gasteiger partial charge in [-0.25, -0.2) is 15.0 Å². The molecule has 1 fully saturated rings. The Morgan fingerprint density at radius 2 is 1.87 bits per heavy atom. The molecule has 1 aromatic heterocycles. The number of carbonyl (C=O) groups excluding carboxylic acids is 1. The second-order valence-electron chi connectivity index (χ2n) is 11.2. The quantitative estimate of drug-likeness (QED) is 0.167. The molecule has 1 unspecified atom stereocenters. The van der Waals surface area contributed by atoms with Gasteiger partial charge in [-0.05, 0) is 49.5 Å². The number of hydrogen-bond acceptors (Lipinski definition) is 10. The molecule has 5 rings (SSSR count). The van der Waals surface area contributed by atoms with E-state index in [1.54, 1.807) is 7.11 Å². The van der Waals surface area contributed by atoms with Crippen molar-refractivity contribution in [1.29, 1.82) is 0 Å². The molecule has 0 saturated carbocycles. The Bertz CT molecular complexity index is 1630. The molecule has 1 aliphatic rings. The van der Waals surface area contributed by atoms with E-state index in [-0.39, 0.29) is 11.9 Å². The predicted octanol–water partition coefficient (Wildman–Crippen LogP) is 5.81. The van der Waals surface area contributed by atoms with Gasteiger partial charge >= 0.3 is 0 Å². The average Bonchev–Trinajstić information content (AvgIpc) is 3.57. The predicted molar refractivity (Wildman–Crippen MR) is 182 cm³/mol. The third-order valence-electron chi connectivity index (χ3n) is 7.59. The van der Waals surface area contributed by atoms with Crippen LogP contribution < -0.4 is 30.1 Å². The molecule has 0 radical (unpaired) electrons. The van der Waals surface area contributed by atoms with Gasteiger partial charge in [-0.1, -0.05) is 49.0 Å². The number of carbonyl (C=O) groups is 1. The number of ether oxygens (including phenoxy) is 2. The van der Waals surface area contributed by atoms with Crippen LogP contribution in [-0.2, 0) is 16.2 Å². The summed E-state index contributed by atoms with van der Waals surface area (Å²) in [7, 11) is 7.62. The van der Waals surface area contributed by atoms with Gasteiger partial charge in [0.1, 0.15) is 30.3 Å². The molecule has 2 heterocycles. The SMILES string of the molecule is C=CC(=O)Nc1cc(Nc2cc(N3OCCC3c3cccc(OCc4ccccc4)c3)ncn2)c(OC)cc1N(C)CCN(C)C. The maximum Gasteiger partial charge on any atom is 0.247 e. The summed E-state index contributed by atoms with van der Waals surface area (Å²) in [5.74, 6) is 2.21.